The molecule has 11 heteroatoms. The molecule has 0 spiro atoms. The lowest BCUT2D eigenvalue weighted by Crippen LogP contribution is -2.18. The molecule has 0 aliphatic rings. The van der Waals surface area contributed by atoms with Gasteiger partial charge in [-0.25, -0.2) is 4.98 Å². The molecule has 3 N–H and O–H groups in total. The van der Waals surface area contributed by atoms with E-state index in [1.807, 2.05) is 18.4 Å². The Labute approximate surface area is 176 Å². The molecular weight excluding hydrogens is 400 g/mol. The fourth-order valence-electron chi connectivity index (χ4n) is 3.12. The summed E-state index contributed by atoms with van der Waals surface area (Å²) in [5, 5.41) is 17.8. The predicted octanol–water partition coefficient (Wildman–Crippen LogP) is 2.32. The van der Waals surface area contributed by atoms with Gasteiger partial charge in [0, 0.05) is 17.2 Å². The van der Waals surface area contributed by atoms with Crippen LogP contribution in [0.15, 0.2) is 53.5 Å². The van der Waals surface area contributed by atoms with E-state index >= 15 is 0 Å². The number of nitrogens with two attached hydrogens (primary N) is 1. The van der Waals surface area contributed by atoms with E-state index in [0.29, 0.717) is 17.2 Å². The van der Waals surface area contributed by atoms with Crippen LogP contribution in [0.3, 0.4) is 0 Å². The van der Waals surface area contributed by atoms with Crippen molar-refractivity contribution in [1.82, 2.24) is 29.9 Å². The number of amides is 2. The Morgan fingerprint density at radius 1 is 1.03 bits per heavy atom. The van der Waals surface area contributed by atoms with Crippen molar-refractivity contribution in [1.29, 1.82) is 0 Å². The van der Waals surface area contributed by atoms with E-state index in [1.165, 1.54) is 6.07 Å². The summed E-state index contributed by atoms with van der Waals surface area (Å²) in [5.74, 6) is -0.690. The second-order valence-corrected chi connectivity index (χ2v) is 6.85. The molecule has 3 aromatic heterocycles. The zero-order chi connectivity index (χ0) is 22.0. The number of rotatable bonds is 6. The zero-order valence-corrected chi connectivity index (χ0v) is 16.7. The van der Waals surface area contributed by atoms with Crippen molar-refractivity contribution in [2.45, 2.75) is 19.9 Å². The van der Waals surface area contributed by atoms with E-state index < -0.39 is 11.8 Å². The molecular formula is C20H18N8O3. The Morgan fingerprint density at radius 2 is 1.77 bits per heavy atom. The Morgan fingerprint density at radius 3 is 2.48 bits per heavy atom. The van der Waals surface area contributed by atoms with Gasteiger partial charge in [0.1, 0.15) is 12.0 Å². The normalized spacial score (nSPS) is 10.9. The second kappa shape index (κ2) is 8.14. The van der Waals surface area contributed by atoms with Crippen LogP contribution in [0.5, 0.6) is 0 Å². The molecule has 4 rings (SSSR count). The minimum Gasteiger partial charge on any atom is -0.411 e. The van der Waals surface area contributed by atoms with Crippen molar-refractivity contribution in [2.75, 3.05) is 5.32 Å². The maximum atomic E-state index is 12.9. The molecule has 0 unspecified atom stereocenters. The number of carbonyl (C=O) groups excluding carboxylic acids is 2. The molecule has 4 aromatic rings. The largest absolute Gasteiger partial charge is 0.411 e. The van der Waals surface area contributed by atoms with E-state index in [2.05, 4.69) is 30.7 Å². The van der Waals surface area contributed by atoms with Crippen molar-refractivity contribution < 1.29 is 14.0 Å². The fourth-order valence-corrected chi connectivity index (χ4v) is 3.12. The summed E-state index contributed by atoms with van der Waals surface area (Å²) in [5.41, 5.74) is 7.10. The predicted molar refractivity (Wildman–Crippen MR) is 110 cm³/mol. The van der Waals surface area contributed by atoms with Gasteiger partial charge < -0.3 is 14.7 Å². The van der Waals surface area contributed by atoms with Crippen molar-refractivity contribution in [2.24, 2.45) is 5.73 Å². The van der Waals surface area contributed by atoms with Gasteiger partial charge >= 0.3 is 6.01 Å². The van der Waals surface area contributed by atoms with E-state index in [9.17, 15) is 9.59 Å². The molecule has 31 heavy (non-hydrogen) atoms. The van der Waals surface area contributed by atoms with E-state index in [-0.39, 0.29) is 28.7 Å². The van der Waals surface area contributed by atoms with Crippen LogP contribution in [0.1, 0.15) is 40.6 Å². The monoisotopic (exact) mass is 418 g/mol. The van der Waals surface area contributed by atoms with E-state index in [0.717, 1.165) is 6.39 Å². The first-order valence-corrected chi connectivity index (χ1v) is 9.33. The molecule has 2 amide bonds. The van der Waals surface area contributed by atoms with Crippen LogP contribution in [-0.4, -0.2) is 41.8 Å². The van der Waals surface area contributed by atoms with E-state index in [4.69, 9.17) is 10.2 Å². The number of aromatic nitrogens is 6. The molecule has 0 aliphatic heterocycles. The minimum absolute atomic E-state index is 0.0767. The molecule has 11 nitrogen and oxygen atoms in total. The number of hydrogen-bond donors (Lipinski definition) is 2. The minimum atomic E-state index is -0.694. The maximum absolute atomic E-state index is 12.9. The Hall–Kier alpha value is -4.41. The number of hydrogen-bond acceptors (Lipinski definition) is 8. The zero-order valence-electron chi connectivity index (χ0n) is 16.7. The molecule has 0 saturated carbocycles. The number of primary amides is 1. The third-order valence-electron chi connectivity index (χ3n) is 4.52. The number of nitrogens with one attached hydrogen (secondary N) is 1. The number of anilines is 1. The quantitative estimate of drug-likeness (QED) is 0.483. The highest BCUT2D eigenvalue weighted by molar-refractivity contribution is 6.12. The summed E-state index contributed by atoms with van der Waals surface area (Å²) in [4.78, 5) is 29.7. The Kier molecular flexibility index (Phi) is 5.22. The van der Waals surface area contributed by atoms with Crippen LogP contribution < -0.4 is 11.1 Å². The third-order valence-corrected chi connectivity index (χ3v) is 4.52. The highest BCUT2D eigenvalue weighted by Crippen LogP contribution is 2.29. The summed E-state index contributed by atoms with van der Waals surface area (Å²) in [6, 6.07) is 9.91. The Balaban J connectivity index is 1.84. The molecule has 0 aliphatic carbocycles. The van der Waals surface area contributed by atoms with Gasteiger partial charge in [-0.15, -0.1) is 15.3 Å². The van der Waals surface area contributed by atoms with Gasteiger partial charge in [0.2, 0.25) is 12.3 Å². The first-order valence-electron chi connectivity index (χ1n) is 9.33. The van der Waals surface area contributed by atoms with Gasteiger partial charge in [-0.1, -0.05) is 17.2 Å². The van der Waals surface area contributed by atoms with E-state index in [1.54, 1.807) is 36.7 Å². The van der Waals surface area contributed by atoms with Gasteiger partial charge in [0.05, 0.1) is 11.3 Å². The van der Waals surface area contributed by atoms with Crippen molar-refractivity contribution in [3.63, 3.8) is 0 Å². The van der Waals surface area contributed by atoms with Crippen molar-refractivity contribution in [3.05, 3.63) is 60.2 Å². The smallest absolute Gasteiger partial charge is 0.322 e. The molecule has 0 radical (unpaired) electrons. The van der Waals surface area contributed by atoms with Gasteiger partial charge in [0.15, 0.2) is 5.82 Å². The first kappa shape index (κ1) is 19.9. The number of carbonyl (C=O) groups is 2. The molecule has 156 valence electrons. The maximum Gasteiger partial charge on any atom is 0.322 e. The number of benzene rings is 1. The number of pyridine rings is 1. The van der Waals surface area contributed by atoms with Crippen molar-refractivity contribution >= 4 is 17.8 Å². The van der Waals surface area contributed by atoms with Crippen LogP contribution in [-0.2, 0) is 0 Å². The lowest BCUT2D eigenvalue weighted by Gasteiger charge is -2.14. The summed E-state index contributed by atoms with van der Waals surface area (Å²) >= 11 is 0. The average molecular weight is 418 g/mol. The average Bonchev–Trinajstić information content (AvgIpc) is 3.45. The lowest BCUT2D eigenvalue weighted by molar-refractivity contribution is 0.100. The van der Waals surface area contributed by atoms with Gasteiger partial charge in [-0.05, 0) is 38.1 Å². The summed E-state index contributed by atoms with van der Waals surface area (Å²) in [7, 11) is 0. The highest BCUT2D eigenvalue weighted by atomic mass is 16.4. The summed E-state index contributed by atoms with van der Waals surface area (Å²) in [6.07, 6.45) is 2.71. The third kappa shape index (κ3) is 3.88. The number of nitrogens with zero attached hydrogens (tertiary/aromatic N) is 6. The fraction of sp³-hybridized carbons (Fsp3) is 0.150. The molecule has 3 heterocycles. The standard InChI is InChI=1S/C20H18N8O3/c1-11(2)28-9-22-26-18(28)15-8-4-7-14(24-15)16-12(17(21)29)5-3-6-13(16)19(30)25-20-27-23-10-31-20/h3-11H,1-2H3,(H2,21,29)(H,25,27,30). The molecule has 0 atom stereocenters. The molecule has 1 aromatic carbocycles. The summed E-state index contributed by atoms with van der Waals surface area (Å²) in [6.45, 7) is 4.00. The Bertz CT molecular complexity index is 1250. The lowest BCUT2D eigenvalue weighted by atomic mass is 9.96. The van der Waals surface area contributed by atoms with Gasteiger partial charge in [0.25, 0.3) is 5.91 Å². The molecule has 0 bridgehead atoms. The van der Waals surface area contributed by atoms with Crippen LogP contribution in [0.4, 0.5) is 6.01 Å². The van der Waals surface area contributed by atoms with Gasteiger partial charge in [-0.2, -0.15) is 0 Å². The first-order chi connectivity index (χ1) is 15.0. The topological polar surface area (TPSA) is 155 Å². The van der Waals surface area contributed by atoms with Crippen molar-refractivity contribution in [3.8, 4) is 22.8 Å². The second-order valence-electron chi connectivity index (χ2n) is 6.85. The highest BCUT2D eigenvalue weighted by Gasteiger charge is 2.22. The van der Waals surface area contributed by atoms with Crippen LogP contribution in [0, 0.1) is 0 Å². The molecule has 0 fully saturated rings. The van der Waals surface area contributed by atoms with Gasteiger partial charge in [-0.3, -0.25) is 14.9 Å². The summed E-state index contributed by atoms with van der Waals surface area (Å²) < 4.78 is 6.84. The molecule has 0 saturated heterocycles. The SMILES string of the molecule is CC(C)n1cnnc1-c1cccc(-c2c(C(N)=O)cccc2C(=O)Nc2nnco2)n1. The van der Waals surface area contributed by atoms with Crippen LogP contribution in [0.25, 0.3) is 22.8 Å². The van der Waals surface area contributed by atoms with Crippen LogP contribution in [0.2, 0.25) is 0 Å². The van der Waals surface area contributed by atoms with Crippen LogP contribution >= 0.6 is 0 Å².